The highest BCUT2D eigenvalue weighted by molar-refractivity contribution is 7.98. The van der Waals surface area contributed by atoms with E-state index in [4.69, 9.17) is 9.47 Å². The lowest BCUT2D eigenvalue weighted by Gasteiger charge is -2.24. The standard InChI is InChI=1S/C18H16O4S2/c1-23-14-7-3-12(4-8-14)16(19)18(11-21-17(20)22-18)13-5-9-15(24-2)10-6-13/h3-10H,11H2,1-2H3. The van der Waals surface area contributed by atoms with E-state index in [0.717, 1.165) is 9.79 Å². The lowest BCUT2D eigenvalue weighted by Crippen LogP contribution is -2.38. The van der Waals surface area contributed by atoms with Crippen molar-refractivity contribution in [3.8, 4) is 0 Å². The van der Waals surface area contributed by atoms with Gasteiger partial charge in [0.2, 0.25) is 11.4 Å². The molecule has 24 heavy (non-hydrogen) atoms. The Labute approximate surface area is 148 Å². The molecule has 1 heterocycles. The normalized spacial score (nSPS) is 19.7. The molecule has 1 fully saturated rings. The molecule has 124 valence electrons. The van der Waals surface area contributed by atoms with Crippen molar-refractivity contribution >= 4 is 35.5 Å². The van der Waals surface area contributed by atoms with Gasteiger partial charge in [0.05, 0.1) is 0 Å². The third-order valence-corrected chi connectivity index (χ3v) is 5.41. The summed E-state index contributed by atoms with van der Waals surface area (Å²) in [6.45, 7) is -0.117. The van der Waals surface area contributed by atoms with Crippen LogP contribution in [0.3, 0.4) is 0 Å². The maximum Gasteiger partial charge on any atom is 0.509 e. The van der Waals surface area contributed by atoms with Crippen LogP contribution in [0.4, 0.5) is 4.79 Å². The molecule has 0 spiro atoms. The van der Waals surface area contributed by atoms with Gasteiger partial charge in [-0.2, -0.15) is 0 Å². The molecular weight excluding hydrogens is 344 g/mol. The highest BCUT2D eigenvalue weighted by atomic mass is 32.2. The summed E-state index contributed by atoms with van der Waals surface area (Å²) >= 11 is 3.20. The van der Waals surface area contributed by atoms with E-state index in [1.54, 1.807) is 35.7 Å². The Balaban J connectivity index is 2.01. The van der Waals surface area contributed by atoms with E-state index in [9.17, 15) is 9.59 Å². The van der Waals surface area contributed by atoms with E-state index in [1.165, 1.54) is 0 Å². The van der Waals surface area contributed by atoms with Crippen molar-refractivity contribution in [1.29, 1.82) is 0 Å². The largest absolute Gasteiger partial charge is 0.509 e. The summed E-state index contributed by atoms with van der Waals surface area (Å²) in [6.07, 6.45) is 3.12. The number of carbonyl (C=O) groups is 2. The predicted octanol–water partition coefficient (Wildman–Crippen LogP) is 4.38. The smallest absolute Gasteiger partial charge is 0.429 e. The second-order valence-corrected chi connectivity index (χ2v) is 7.01. The third kappa shape index (κ3) is 3.03. The lowest BCUT2D eigenvalue weighted by molar-refractivity contribution is 0.0395. The maximum absolute atomic E-state index is 13.1. The van der Waals surface area contributed by atoms with Gasteiger partial charge in [-0.3, -0.25) is 4.79 Å². The minimum absolute atomic E-state index is 0.117. The second-order valence-electron chi connectivity index (χ2n) is 5.25. The first kappa shape index (κ1) is 16.9. The van der Waals surface area contributed by atoms with Gasteiger partial charge in [0.1, 0.15) is 6.61 Å². The molecule has 6 heteroatoms. The number of hydrogen-bond acceptors (Lipinski definition) is 6. The van der Waals surface area contributed by atoms with Crippen molar-refractivity contribution in [3.05, 3.63) is 59.7 Å². The zero-order valence-corrected chi connectivity index (χ0v) is 14.9. The molecule has 0 aromatic heterocycles. The van der Waals surface area contributed by atoms with Gasteiger partial charge in [-0.25, -0.2) is 4.79 Å². The Kier molecular flexibility index (Phi) is 4.87. The minimum Gasteiger partial charge on any atom is -0.429 e. The molecule has 1 aliphatic heterocycles. The molecule has 2 aromatic carbocycles. The second kappa shape index (κ2) is 6.91. The Bertz CT molecular complexity index is 756. The van der Waals surface area contributed by atoms with E-state index in [2.05, 4.69) is 0 Å². The summed E-state index contributed by atoms with van der Waals surface area (Å²) in [7, 11) is 0. The van der Waals surface area contributed by atoms with Gasteiger partial charge in [-0.05, 0) is 36.8 Å². The Morgan fingerprint density at radius 1 is 0.958 bits per heavy atom. The molecule has 2 aromatic rings. The average Bonchev–Trinajstić information content (AvgIpc) is 3.04. The summed E-state index contributed by atoms with van der Waals surface area (Å²) in [5, 5.41) is 0. The van der Waals surface area contributed by atoms with Crippen molar-refractivity contribution < 1.29 is 19.1 Å². The van der Waals surface area contributed by atoms with Gasteiger partial charge in [-0.15, -0.1) is 23.5 Å². The molecular formula is C18H16O4S2. The van der Waals surface area contributed by atoms with Crippen LogP contribution in [0.25, 0.3) is 0 Å². The number of cyclic esters (lactones) is 2. The topological polar surface area (TPSA) is 52.6 Å². The number of ether oxygens (including phenoxy) is 2. The fraction of sp³-hybridized carbons (Fsp3) is 0.222. The first-order valence-electron chi connectivity index (χ1n) is 7.28. The summed E-state index contributed by atoms with van der Waals surface area (Å²) < 4.78 is 10.3. The minimum atomic E-state index is -1.42. The van der Waals surface area contributed by atoms with Crippen molar-refractivity contribution in [2.24, 2.45) is 0 Å². The van der Waals surface area contributed by atoms with Crippen LogP contribution < -0.4 is 0 Å². The molecule has 0 radical (unpaired) electrons. The number of Topliss-reactive ketones (excluding diaryl/α,β-unsaturated/α-hetero) is 1. The molecule has 1 aliphatic rings. The first-order chi connectivity index (χ1) is 11.6. The predicted molar refractivity (Wildman–Crippen MR) is 94.9 cm³/mol. The SMILES string of the molecule is CSc1ccc(C(=O)C2(c3ccc(SC)cc3)COC(=O)O2)cc1. The zero-order chi connectivity index (χ0) is 17.2. The number of hydrogen-bond donors (Lipinski definition) is 0. The fourth-order valence-corrected chi connectivity index (χ4v) is 3.40. The van der Waals surface area contributed by atoms with Crippen LogP contribution in [-0.4, -0.2) is 31.1 Å². The molecule has 3 rings (SSSR count). The average molecular weight is 360 g/mol. The van der Waals surface area contributed by atoms with E-state index in [-0.39, 0.29) is 12.4 Å². The van der Waals surface area contributed by atoms with Crippen LogP contribution in [0.15, 0.2) is 58.3 Å². The van der Waals surface area contributed by atoms with Gasteiger partial charge in [0.15, 0.2) is 0 Å². The monoisotopic (exact) mass is 360 g/mol. The molecule has 0 saturated carbocycles. The van der Waals surface area contributed by atoms with Gasteiger partial charge in [0.25, 0.3) is 0 Å². The van der Waals surface area contributed by atoms with Crippen molar-refractivity contribution in [3.63, 3.8) is 0 Å². The summed E-state index contributed by atoms with van der Waals surface area (Å²) in [6, 6.07) is 14.7. The van der Waals surface area contributed by atoms with E-state index < -0.39 is 11.8 Å². The molecule has 0 bridgehead atoms. The van der Waals surface area contributed by atoms with Crippen molar-refractivity contribution in [1.82, 2.24) is 0 Å². The van der Waals surface area contributed by atoms with Crippen LogP contribution in [0, 0.1) is 0 Å². The highest BCUT2D eigenvalue weighted by Crippen LogP contribution is 2.36. The van der Waals surface area contributed by atoms with Crippen LogP contribution in [0.5, 0.6) is 0 Å². The fourth-order valence-electron chi connectivity index (χ4n) is 2.58. The Hall–Kier alpha value is -1.92. The van der Waals surface area contributed by atoms with Crippen LogP contribution in [0.2, 0.25) is 0 Å². The Morgan fingerprint density at radius 2 is 1.50 bits per heavy atom. The molecule has 4 nitrogen and oxygen atoms in total. The number of rotatable bonds is 5. The van der Waals surface area contributed by atoms with Crippen molar-refractivity contribution in [2.45, 2.75) is 15.4 Å². The zero-order valence-electron chi connectivity index (χ0n) is 13.3. The highest BCUT2D eigenvalue weighted by Gasteiger charge is 2.51. The van der Waals surface area contributed by atoms with Gasteiger partial charge < -0.3 is 9.47 Å². The molecule has 1 atom stereocenters. The molecule has 1 saturated heterocycles. The van der Waals surface area contributed by atoms with E-state index in [1.807, 2.05) is 48.9 Å². The molecule has 0 amide bonds. The van der Waals surface area contributed by atoms with Gasteiger partial charge in [-0.1, -0.05) is 24.3 Å². The number of thioether (sulfide) groups is 2. The van der Waals surface area contributed by atoms with Crippen molar-refractivity contribution in [2.75, 3.05) is 19.1 Å². The quantitative estimate of drug-likeness (QED) is 0.448. The molecule has 0 N–H and O–H groups in total. The summed E-state index contributed by atoms with van der Waals surface area (Å²) in [5.74, 6) is -0.280. The number of carbonyl (C=O) groups excluding carboxylic acids is 2. The summed E-state index contributed by atoms with van der Waals surface area (Å²) in [5.41, 5.74) is -0.320. The van der Waals surface area contributed by atoms with E-state index >= 15 is 0 Å². The summed E-state index contributed by atoms with van der Waals surface area (Å²) in [4.78, 5) is 26.8. The first-order valence-corrected chi connectivity index (χ1v) is 9.73. The van der Waals surface area contributed by atoms with Crippen LogP contribution >= 0.6 is 23.5 Å². The number of benzene rings is 2. The van der Waals surface area contributed by atoms with E-state index in [0.29, 0.717) is 11.1 Å². The number of ketones is 1. The van der Waals surface area contributed by atoms with Gasteiger partial charge in [0, 0.05) is 20.9 Å². The third-order valence-electron chi connectivity index (χ3n) is 3.93. The van der Waals surface area contributed by atoms with Crippen LogP contribution in [0.1, 0.15) is 15.9 Å². The maximum atomic E-state index is 13.1. The molecule has 0 aliphatic carbocycles. The lowest BCUT2D eigenvalue weighted by atomic mass is 9.86. The molecule has 1 unspecified atom stereocenters. The van der Waals surface area contributed by atoms with Gasteiger partial charge >= 0.3 is 6.16 Å². The Morgan fingerprint density at radius 3 is 1.96 bits per heavy atom. The van der Waals surface area contributed by atoms with Crippen LogP contribution in [-0.2, 0) is 15.1 Å².